The molecule has 0 radical (unpaired) electrons. The first-order valence-corrected chi connectivity index (χ1v) is 4.33. The van der Waals surface area contributed by atoms with Gasteiger partial charge in [0.15, 0.2) is 0 Å². The zero-order valence-corrected chi connectivity index (χ0v) is 8.73. The van der Waals surface area contributed by atoms with Crippen molar-refractivity contribution in [2.75, 3.05) is 7.11 Å². The Morgan fingerprint density at radius 2 is 1.85 bits per heavy atom. The molecule has 68 valence electrons. The Labute approximate surface area is 83.3 Å². The molecule has 0 unspecified atom stereocenters. The van der Waals surface area contributed by atoms with Crippen LogP contribution in [0, 0.1) is 13.8 Å². The zero-order valence-electron chi connectivity index (χ0n) is 7.92. The SMILES string of the molecule is COc1cc(C)c(N=C=S)c(C)c1. The summed E-state index contributed by atoms with van der Waals surface area (Å²) in [6.07, 6.45) is 0. The van der Waals surface area contributed by atoms with Gasteiger partial charge in [0.05, 0.1) is 18.0 Å². The summed E-state index contributed by atoms with van der Waals surface area (Å²) >= 11 is 4.57. The van der Waals surface area contributed by atoms with E-state index in [0.29, 0.717) is 0 Å². The van der Waals surface area contributed by atoms with Crippen molar-refractivity contribution in [3.8, 4) is 5.75 Å². The summed E-state index contributed by atoms with van der Waals surface area (Å²) in [5.41, 5.74) is 2.99. The third-order valence-electron chi connectivity index (χ3n) is 1.86. The third-order valence-corrected chi connectivity index (χ3v) is 1.95. The van der Waals surface area contributed by atoms with Gasteiger partial charge >= 0.3 is 0 Å². The average Bonchev–Trinajstić information content (AvgIpc) is 2.11. The van der Waals surface area contributed by atoms with Crippen molar-refractivity contribution < 1.29 is 4.74 Å². The zero-order chi connectivity index (χ0) is 9.84. The largest absolute Gasteiger partial charge is 0.497 e. The minimum absolute atomic E-state index is 0.846. The number of nitrogens with zero attached hydrogens (tertiary/aromatic N) is 1. The third kappa shape index (κ3) is 2.14. The van der Waals surface area contributed by atoms with Crippen LogP contribution in [-0.2, 0) is 0 Å². The van der Waals surface area contributed by atoms with Crippen LogP contribution in [0.5, 0.6) is 5.75 Å². The molecule has 0 aliphatic carbocycles. The molecule has 0 N–H and O–H groups in total. The van der Waals surface area contributed by atoms with Gasteiger partial charge in [-0.1, -0.05) is 0 Å². The average molecular weight is 193 g/mol. The molecule has 1 aromatic carbocycles. The molecule has 0 saturated heterocycles. The minimum atomic E-state index is 0.846. The van der Waals surface area contributed by atoms with Crippen molar-refractivity contribution in [3.05, 3.63) is 23.3 Å². The molecule has 0 fully saturated rings. The highest BCUT2D eigenvalue weighted by Crippen LogP contribution is 2.27. The Hall–Kier alpha value is -1.18. The Morgan fingerprint density at radius 3 is 2.23 bits per heavy atom. The van der Waals surface area contributed by atoms with E-state index in [-0.39, 0.29) is 0 Å². The van der Waals surface area contributed by atoms with Gasteiger partial charge in [0.1, 0.15) is 5.75 Å². The van der Waals surface area contributed by atoms with Crippen LogP contribution < -0.4 is 4.74 Å². The van der Waals surface area contributed by atoms with Crippen LogP contribution in [0.4, 0.5) is 5.69 Å². The molecule has 13 heavy (non-hydrogen) atoms. The van der Waals surface area contributed by atoms with Crippen molar-refractivity contribution in [2.24, 2.45) is 4.99 Å². The second-order valence-corrected chi connectivity index (χ2v) is 3.00. The fourth-order valence-electron chi connectivity index (χ4n) is 1.26. The fraction of sp³-hybridized carbons (Fsp3) is 0.300. The van der Waals surface area contributed by atoms with Crippen molar-refractivity contribution in [1.29, 1.82) is 0 Å². The van der Waals surface area contributed by atoms with E-state index < -0.39 is 0 Å². The standard InChI is InChI=1S/C10H11NOS/c1-7-4-9(12-3)5-8(2)10(7)11-6-13/h4-5H,1-3H3. The summed E-state index contributed by atoms with van der Waals surface area (Å²) in [4.78, 5) is 3.99. The van der Waals surface area contributed by atoms with Crippen molar-refractivity contribution in [3.63, 3.8) is 0 Å². The highest BCUT2D eigenvalue weighted by Gasteiger charge is 2.03. The van der Waals surface area contributed by atoms with Crippen LogP contribution in [0.2, 0.25) is 0 Å². The van der Waals surface area contributed by atoms with Crippen LogP contribution in [0.25, 0.3) is 0 Å². The molecule has 0 aliphatic heterocycles. The van der Waals surface area contributed by atoms with E-state index in [1.807, 2.05) is 26.0 Å². The van der Waals surface area contributed by atoms with Gasteiger partial charge in [0, 0.05) is 0 Å². The highest BCUT2D eigenvalue weighted by molar-refractivity contribution is 7.78. The summed E-state index contributed by atoms with van der Waals surface area (Å²) in [5, 5.41) is 2.37. The van der Waals surface area contributed by atoms with Gasteiger partial charge in [-0.2, -0.15) is 4.99 Å². The number of ether oxygens (including phenoxy) is 1. The second-order valence-electron chi connectivity index (χ2n) is 2.81. The number of hydrogen-bond acceptors (Lipinski definition) is 3. The molecule has 0 aliphatic rings. The van der Waals surface area contributed by atoms with E-state index >= 15 is 0 Å². The molecule has 0 amide bonds. The van der Waals surface area contributed by atoms with Crippen LogP contribution in [-0.4, -0.2) is 12.3 Å². The lowest BCUT2D eigenvalue weighted by molar-refractivity contribution is 0.414. The minimum Gasteiger partial charge on any atom is -0.497 e. The highest BCUT2D eigenvalue weighted by atomic mass is 32.1. The normalized spacial score (nSPS) is 9.15. The van der Waals surface area contributed by atoms with Crippen molar-refractivity contribution >= 4 is 23.1 Å². The van der Waals surface area contributed by atoms with Gasteiger partial charge < -0.3 is 4.74 Å². The number of hydrogen-bond donors (Lipinski definition) is 0. The number of rotatable bonds is 2. The lowest BCUT2D eigenvalue weighted by atomic mass is 10.1. The molecule has 0 spiro atoms. The Balaban J connectivity index is 3.30. The Morgan fingerprint density at radius 1 is 1.31 bits per heavy atom. The molecular weight excluding hydrogens is 182 g/mol. The molecule has 0 atom stereocenters. The summed E-state index contributed by atoms with van der Waals surface area (Å²) in [6, 6.07) is 3.86. The molecule has 1 aromatic rings. The maximum Gasteiger partial charge on any atom is 0.119 e. The summed E-state index contributed by atoms with van der Waals surface area (Å²) in [6.45, 7) is 3.95. The number of methoxy groups -OCH3 is 1. The predicted octanol–water partition coefficient (Wildman–Crippen LogP) is 3.05. The van der Waals surface area contributed by atoms with E-state index in [4.69, 9.17) is 4.74 Å². The van der Waals surface area contributed by atoms with Gasteiger partial charge in [-0.05, 0) is 49.3 Å². The first kappa shape index (κ1) is 9.90. The molecule has 2 nitrogen and oxygen atoms in total. The molecule has 0 heterocycles. The Kier molecular flexibility index (Phi) is 3.18. The lowest BCUT2D eigenvalue weighted by Gasteiger charge is -2.06. The van der Waals surface area contributed by atoms with Crippen LogP contribution in [0.3, 0.4) is 0 Å². The molecule has 3 heteroatoms. The lowest BCUT2D eigenvalue weighted by Crippen LogP contribution is -1.86. The van der Waals surface area contributed by atoms with E-state index in [1.165, 1.54) is 0 Å². The number of thiocarbonyl (C=S) groups is 1. The van der Waals surface area contributed by atoms with Gasteiger partial charge in [0.25, 0.3) is 0 Å². The first-order valence-electron chi connectivity index (χ1n) is 3.92. The number of benzene rings is 1. The van der Waals surface area contributed by atoms with Gasteiger partial charge in [-0.15, -0.1) is 0 Å². The van der Waals surface area contributed by atoms with Gasteiger partial charge in [-0.3, -0.25) is 0 Å². The summed E-state index contributed by atoms with van der Waals surface area (Å²) in [5.74, 6) is 0.846. The van der Waals surface area contributed by atoms with Gasteiger partial charge in [-0.25, -0.2) is 0 Å². The summed E-state index contributed by atoms with van der Waals surface area (Å²) < 4.78 is 5.12. The molecule has 0 saturated carbocycles. The van der Waals surface area contributed by atoms with E-state index in [9.17, 15) is 0 Å². The predicted molar refractivity (Wildman–Crippen MR) is 57.2 cm³/mol. The molecular formula is C10H11NOS. The van der Waals surface area contributed by atoms with Crippen LogP contribution >= 0.6 is 12.2 Å². The smallest absolute Gasteiger partial charge is 0.119 e. The number of aliphatic imine (C=N–C) groups is 1. The molecule has 0 bridgehead atoms. The fourth-order valence-corrected chi connectivity index (χ4v) is 1.35. The van der Waals surface area contributed by atoms with Crippen molar-refractivity contribution in [1.82, 2.24) is 0 Å². The Bertz CT molecular complexity index is 344. The van der Waals surface area contributed by atoms with Gasteiger partial charge in [0.2, 0.25) is 0 Å². The maximum absolute atomic E-state index is 5.12. The number of aryl methyl sites for hydroxylation is 2. The van der Waals surface area contributed by atoms with Crippen LogP contribution in [0.1, 0.15) is 11.1 Å². The van der Waals surface area contributed by atoms with E-state index in [1.54, 1.807) is 7.11 Å². The topological polar surface area (TPSA) is 21.6 Å². The number of isothiocyanates is 1. The van der Waals surface area contributed by atoms with E-state index in [0.717, 1.165) is 22.6 Å². The second kappa shape index (κ2) is 4.17. The molecule has 0 aromatic heterocycles. The molecule has 1 rings (SSSR count). The van der Waals surface area contributed by atoms with E-state index in [2.05, 4.69) is 22.4 Å². The summed E-state index contributed by atoms with van der Waals surface area (Å²) in [7, 11) is 1.65. The van der Waals surface area contributed by atoms with Crippen LogP contribution in [0.15, 0.2) is 17.1 Å². The first-order chi connectivity index (χ1) is 6.19. The maximum atomic E-state index is 5.12. The monoisotopic (exact) mass is 193 g/mol. The quantitative estimate of drug-likeness (QED) is 0.532. The van der Waals surface area contributed by atoms with Crippen molar-refractivity contribution in [2.45, 2.75) is 13.8 Å².